The van der Waals surface area contributed by atoms with E-state index >= 15 is 0 Å². The van der Waals surface area contributed by atoms with Gasteiger partial charge in [0, 0.05) is 30.8 Å². The summed E-state index contributed by atoms with van der Waals surface area (Å²) < 4.78 is 6.42. The number of hydrogen-bond donors (Lipinski definition) is 1. The summed E-state index contributed by atoms with van der Waals surface area (Å²) in [5.74, 6) is 0. The third kappa shape index (κ3) is 3.78. The maximum Gasteiger partial charge on any atom is 0.0818 e. The van der Waals surface area contributed by atoms with Gasteiger partial charge in [-0.1, -0.05) is 24.3 Å². The fourth-order valence-corrected chi connectivity index (χ4v) is 3.68. The van der Waals surface area contributed by atoms with Crippen LogP contribution in [0, 0.1) is 6.92 Å². The van der Waals surface area contributed by atoms with Crippen molar-refractivity contribution < 1.29 is 4.74 Å². The van der Waals surface area contributed by atoms with E-state index in [4.69, 9.17) is 4.74 Å². The van der Waals surface area contributed by atoms with Gasteiger partial charge in [0.05, 0.1) is 16.8 Å². The van der Waals surface area contributed by atoms with Gasteiger partial charge in [-0.2, -0.15) is 0 Å². The van der Waals surface area contributed by atoms with Gasteiger partial charge in [0.1, 0.15) is 0 Å². The van der Waals surface area contributed by atoms with Crippen molar-refractivity contribution in [2.24, 2.45) is 0 Å². The number of aromatic nitrogens is 1. The highest BCUT2D eigenvalue weighted by atomic mass is 32.1. The Labute approximate surface area is 141 Å². The minimum Gasteiger partial charge on any atom is -0.383 e. The Kier molecular flexibility index (Phi) is 5.06. The Morgan fingerprint density at radius 1 is 1.22 bits per heavy atom. The summed E-state index contributed by atoms with van der Waals surface area (Å²) in [6, 6.07) is 13.4. The fourth-order valence-electron chi connectivity index (χ4n) is 2.60. The number of pyridine rings is 1. The van der Waals surface area contributed by atoms with Crippen LogP contribution in [-0.4, -0.2) is 24.7 Å². The van der Waals surface area contributed by atoms with Gasteiger partial charge < -0.3 is 10.1 Å². The third-order valence-electron chi connectivity index (χ3n) is 3.92. The molecule has 0 saturated carbocycles. The summed E-state index contributed by atoms with van der Waals surface area (Å²) in [6.07, 6.45) is 1.88. The van der Waals surface area contributed by atoms with E-state index in [0.717, 1.165) is 18.7 Å². The standard InChI is InChI=1S/C19H22N2OS/c1-13-8-9-20-17-10-18(23-19(13)17)16-6-4-15(5-7-16)11-21-14(2)12-22-3/h4-10,14,21H,11-12H2,1-3H3/t14-/m0/s1. The first-order valence-electron chi connectivity index (χ1n) is 7.84. The van der Waals surface area contributed by atoms with Crippen LogP contribution >= 0.6 is 11.3 Å². The SMILES string of the molecule is COC[C@H](C)NCc1ccc(-c2cc3nccc(C)c3s2)cc1. The number of fused-ring (bicyclic) bond motifs is 1. The van der Waals surface area contributed by atoms with E-state index in [1.165, 1.54) is 26.3 Å². The molecule has 2 aromatic heterocycles. The van der Waals surface area contributed by atoms with E-state index in [1.54, 1.807) is 7.11 Å². The smallest absolute Gasteiger partial charge is 0.0818 e. The fraction of sp³-hybridized carbons (Fsp3) is 0.316. The van der Waals surface area contributed by atoms with Crippen LogP contribution in [0.5, 0.6) is 0 Å². The molecule has 0 aliphatic rings. The molecule has 1 N–H and O–H groups in total. The lowest BCUT2D eigenvalue weighted by Crippen LogP contribution is -2.29. The zero-order valence-corrected chi connectivity index (χ0v) is 14.6. The van der Waals surface area contributed by atoms with Crippen molar-refractivity contribution in [2.75, 3.05) is 13.7 Å². The number of methoxy groups -OCH3 is 1. The van der Waals surface area contributed by atoms with Crippen LogP contribution < -0.4 is 5.32 Å². The highest BCUT2D eigenvalue weighted by Gasteiger charge is 2.07. The second kappa shape index (κ2) is 7.21. The number of benzene rings is 1. The summed E-state index contributed by atoms with van der Waals surface area (Å²) in [5.41, 5.74) is 4.91. The van der Waals surface area contributed by atoms with E-state index in [0.29, 0.717) is 6.04 Å². The molecule has 1 atom stereocenters. The van der Waals surface area contributed by atoms with Crippen molar-refractivity contribution in [3.05, 3.63) is 53.7 Å². The summed E-state index contributed by atoms with van der Waals surface area (Å²) in [7, 11) is 1.73. The molecule has 120 valence electrons. The number of hydrogen-bond acceptors (Lipinski definition) is 4. The summed E-state index contributed by atoms with van der Waals surface area (Å²) in [6.45, 7) is 5.86. The first kappa shape index (κ1) is 16.1. The van der Waals surface area contributed by atoms with Crippen molar-refractivity contribution in [2.45, 2.75) is 26.4 Å². The van der Waals surface area contributed by atoms with E-state index in [1.807, 2.05) is 17.5 Å². The Hall–Kier alpha value is -1.75. The highest BCUT2D eigenvalue weighted by molar-refractivity contribution is 7.22. The molecular formula is C19H22N2OS. The normalized spacial score (nSPS) is 12.7. The predicted octanol–water partition coefficient (Wildman–Crippen LogP) is 4.40. The largest absolute Gasteiger partial charge is 0.383 e. The molecule has 3 aromatic rings. The zero-order chi connectivity index (χ0) is 16.2. The van der Waals surface area contributed by atoms with E-state index in [-0.39, 0.29) is 0 Å². The highest BCUT2D eigenvalue weighted by Crippen LogP contribution is 2.34. The Bertz CT molecular complexity index is 780. The average Bonchev–Trinajstić information content (AvgIpc) is 2.99. The number of aryl methyl sites for hydroxylation is 1. The van der Waals surface area contributed by atoms with Gasteiger partial charge >= 0.3 is 0 Å². The number of ether oxygens (including phenoxy) is 1. The lowest BCUT2D eigenvalue weighted by Gasteiger charge is -2.12. The molecule has 2 heterocycles. The van der Waals surface area contributed by atoms with Gasteiger partial charge in [-0.05, 0) is 42.7 Å². The minimum absolute atomic E-state index is 0.358. The summed E-state index contributed by atoms with van der Waals surface area (Å²) in [5, 5.41) is 3.46. The van der Waals surface area contributed by atoms with Gasteiger partial charge in [0.25, 0.3) is 0 Å². The van der Waals surface area contributed by atoms with Crippen molar-refractivity contribution in [1.29, 1.82) is 0 Å². The monoisotopic (exact) mass is 326 g/mol. The van der Waals surface area contributed by atoms with Crippen LogP contribution in [0.2, 0.25) is 0 Å². The molecule has 0 saturated heterocycles. The van der Waals surface area contributed by atoms with Crippen LogP contribution in [0.25, 0.3) is 20.7 Å². The molecule has 0 unspecified atom stereocenters. The Morgan fingerprint density at radius 3 is 2.70 bits per heavy atom. The van der Waals surface area contributed by atoms with Gasteiger partial charge in [-0.3, -0.25) is 4.98 Å². The quantitative estimate of drug-likeness (QED) is 0.729. The molecule has 0 bridgehead atoms. The first-order chi connectivity index (χ1) is 11.2. The zero-order valence-electron chi connectivity index (χ0n) is 13.8. The van der Waals surface area contributed by atoms with Crippen LogP contribution in [-0.2, 0) is 11.3 Å². The Balaban J connectivity index is 1.74. The van der Waals surface area contributed by atoms with Crippen LogP contribution in [0.15, 0.2) is 42.6 Å². The number of rotatable bonds is 6. The third-order valence-corrected chi connectivity index (χ3v) is 5.23. The second-order valence-corrected chi connectivity index (χ2v) is 6.94. The predicted molar refractivity (Wildman–Crippen MR) is 98.0 cm³/mol. The molecule has 1 aromatic carbocycles. The van der Waals surface area contributed by atoms with E-state index < -0.39 is 0 Å². The topological polar surface area (TPSA) is 34.1 Å². The summed E-state index contributed by atoms with van der Waals surface area (Å²) in [4.78, 5) is 5.73. The van der Waals surface area contributed by atoms with Crippen LogP contribution in [0.4, 0.5) is 0 Å². The van der Waals surface area contributed by atoms with Crippen molar-refractivity contribution >= 4 is 21.6 Å². The van der Waals surface area contributed by atoms with Crippen molar-refractivity contribution in [1.82, 2.24) is 10.3 Å². The molecule has 0 spiro atoms. The lowest BCUT2D eigenvalue weighted by molar-refractivity contribution is 0.171. The second-order valence-electron chi connectivity index (χ2n) is 5.89. The molecule has 0 fully saturated rings. The maximum absolute atomic E-state index is 5.14. The molecule has 3 rings (SSSR count). The molecule has 0 radical (unpaired) electrons. The first-order valence-corrected chi connectivity index (χ1v) is 8.66. The Morgan fingerprint density at radius 2 is 2.00 bits per heavy atom. The van der Waals surface area contributed by atoms with Crippen LogP contribution in [0.1, 0.15) is 18.1 Å². The van der Waals surface area contributed by atoms with Crippen molar-refractivity contribution in [3.8, 4) is 10.4 Å². The molecule has 4 heteroatoms. The van der Waals surface area contributed by atoms with Gasteiger partial charge in [-0.25, -0.2) is 0 Å². The average molecular weight is 326 g/mol. The number of thiophene rings is 1. The molecular weight excluding hydrogens is 304 g/mol. The van der Waals surface area contributed by atoms with E-state index in [9.17, 15) is 0 Å². The number of nitrogens with zero attached hydrogens (tertiary/aromatic N) is 1. The lowest BCUT2D eigenvalue weighted by atomic mass is 10.1. The molecule has 0 aliphatic heterocycles. The van der Waals surface area contributed by atoms with E-state index in [2.05, 4.69) is 60.5 Å². The summed E-state index contributed by atoms with van der Waals surface area (Å²) >= 11 is 1.81. The molecule has 23 heavy (non-hydrogen) atoms. The minimum atomic E-state index is 0.358. The molecule has 3 nitrogen and oxygen atoms in total. The van der Waals surface area contributed by atoms with Crippen molar-refractivity contribution in [3.63, 3.8) is 0 Å². The molecule has 0 amide bonds. The van der Waals surface area contributed by atoms with Crippen LogP contribution in [0.3, 0.4) is 0 Å². The van der Waals surface area contributed by atoms with Gasteiger partial charge in [-0.15, -0.1) is 11.3 Å². The van der Waals surface area contributed by atoms with Gasteiger partial charge in [0.15, 0.2) is 0 Å². The number of nitrogens with one attached hydrogen (secondary N) is 1. The molecule has 0 aliphatic carbocycles. The van der Waals surface area contributed by atoms with Gasteiger partial charge in [0.2, 0.25) is 0 Å². The maximum atomic E-state index is 5.14.